The molecular formula is C12H14BrN3. The maximum absolute atomic E-state index is 6.14. The zero-order valence-electron chi connectivity index (χ0n) is 9.10. The molecule has 0 amide bonds. The lowest BCUT2D eigenvalue weighted by Gasteiger charge is -2.13. The normalized spacial score (nSPS) is 12.7. The van der Waals surface area contributed by atoms with Gasteiger partial charge in [0.05, 0.1) is 0 Å². The highest BCUT2D eigenvalue weighted by molar-refractivity contribution is 9.10. The highest BCUT2D eigenvalue weighted by Gasteiger charge is 2.08. The van der Waals surface area contributed by atoms with Gasteiger partial charge in [0, 0.05) is 25.0 Å². The molecule has 0 saturated carbocycles. The highest BCUT2D eigenvalue weighted by atomic mass is 79.9. The van der Waals surface area contributed by atoms with E-state index >= 15 is 0 Å². The molecule has 16 heavy (non-hydrogen) atoms. The zero-order valence-corrected chi connectivity index (χ0v) is 10.7. The molecule has 2 aromatic rings. The SMILES string of the molecule is Cc1ccc(C(N)Cn2ccnc2Br)cc1. The summed E-state index contributed by atoms with van der Waals surface area (Å²) in [6, 6.07) is 8.30. The second-order valence-corrected chi connectivity index (χ2v) is 4.58. The summed E-state index contributed by atoms with van der Waals surface area (Å²) in [4.78, 5) is 4.10. The van der Waals surface area contributed by atoms with Gasteiger partial charge in [-0.25, -0.2) is 4.98 Å². The summed E-state index contributed by atoms with van der Waals surface area (Å²) in [6.45, 7) is 2.80. The predicted octanol–water partition coefficient (Wildman–Crippen LogP) is 2.65. The number of aryl methyl sites for hydroxylation is 1. The quantitative estimate of drug-likeness (QED) is 0.939. The van der Waals surface area contributed by atoms with Crippen molar-refractivity contribution in [2.75, 3.05) is 0 Å². The van der Waals surface area contributed by atoms with Gasteiger partial charge in [-0.15, -0.1) is 0 Å². The van der Waals surface area contributed by atoms with Crippen molar-refractivity contribution in [3.05, 3.63) is 52.5 Å². The number of nitrogens with zero attached hydrogens (tertiary/aromatic N) is 2. The van der Waals surface area contributed by atoms with Crippen molar-refractivity contribution in [3.63, 3.8) is 0 Å². The average Bonchev–Trinajstić information content (AvgIpc) is 2.65. The fourth-order valence-corrected chi connectivity index (χ4v) is 1.96. The molecule has 0 spiro atoms. The van der Waals surface area contributed by atoms with Gasteiger partial charge < -0.3 is 10.3 Å². The Morgan fingerprint density at radius 2 is 2.06 bits per heavy atom. The largest absolute Gasteiger partial charge is 0.324 e. The van der Waals surface area contributed by atoms with Gasteiger partial charge in [0.2, 0.25) is 0 Å². The monoisotopic (exact) mass is 279 g/mol. The molecule has 0 aliphatic carbocycles. The first kappa shape index (κ1) is 11.4. The van der Waals surface area contributed by atoms with E-state index in [1.165, 1.54) is 5.56 Å². The minimum Gasteiger partial charge on any atom is -0.324 e. The predicted molar refractivity (Wildman–Crippen MR) is 68.0 cm³/mol. The van der Waals surface area contributed by atoms with Crippen molar-refractivity contribution in [1.82, 2.24) is 9.55 Å². The van der Waals surface area contributed by atoms with E-state index < -0.39 is 0 Å². The molecule has 2 rings (SSSR count). The number of hydrogen-bond donors (Lipinski definition) is 1. The first-order valence-electron chi connectivity index (χ1n) is 5.15. The Bertz CT molecular complexity index is 461. The van der Waals surface area contributed by atoms with Crippen LogP contribution in [0.15, 0.2) is 41.4 Å². The van der Waals surface area contributed by atoms with Crippen LogP contribution < -0.4 is 5.73 Å². The Morgan fingerprint density at radius 3 is 2.62 bits per heavy atom. The molecule has 0 bridgehead atoms. The molecule has 1 aromatic heterocycles. The molecule has 2 N–H and O–H groups in total. The number of benzene rings is 1. The number of rotatable bonds is 3. The molecule has 1 aromatic carbocycles. The van der Waals surface area contributed by atoms with E-state index in [9.17, 15) is 0 Å². The molecule has 0 aliphatic rings. The highest BCUT2D eigenvalue weighted by Crippen LogP contribution is 2.16. The van der Waals surface area contributed by atoms with Crippen molar-refractivity contribution < 1.29 is 0 Å². The Balaban J connectivity index is 2.11. The van der Waals surface area contributed by atoms with Crippen LogP contribution in [0.3, 0.4) is 0 Å². The van der Waals surface area contributed by atoms with Crippen LogP contribution >= 0.6 is 15.9 Å². The Morgan fingerprint density at radius 1 is 1.38 bits per heavy atom. The lowest BCUT2D eigenvalue weighted by molar-refractivity contribution is 0.568. The van der Waals surface area contributed by atoms with Gasteiger partial charge in [0.1, 0.15) is 0 Å². The second kappa shape index (κ2) is 4.80. The summed E-state index contributed by atoms with van der Waals surface area (Å²) in [5, 5.41) is 0. The first-order valence-corrected chi connectivity index (χ1v) is 5.95. The molecule has 0 aliphatic heterocycles. The summed E-state index contributed by atoms with van der Waals surface area (Å²) in [7, 11) is 0. The third kappa shape index (κ3) is 2.51. The molecular weight excluding hydrogens is 266 g/mol. The van der Waals surface area contributed by atoms with Crippen LogP contribution in [0.2, 0.25) is 0 Å². The third-order valence-electron chi connectivity index (χ3n) is 2.56. The molecule has 0 radical (unpaired) electrons. The molecule has 0 saturated heterocycles. The summed E-state index contributed by atoms with van der Waals surface area (Å²) in [5.41, 5.74) is 8.53. The Labute approximate surface area is 103 Å². The van der Waals surface area contributed by atoms with Crippen molar-refractivity contribution in [3.8, 4) is 0 Å². The molecule has 3 nitrogen and oxygen atoms in total. The lowest BCUT2D eigenvalue weighted by Crippen LogP contribution is -2.17. The van der Waals surface area contributed by atoms with Gasteiger partial charge in [0.25, 0.3) is 0 Å². The van der Waals surface area contributed by atoms with Crippen LogP contribution in [0, 0.1) is 6.92 Å². The number of halogens is 1. The molecule has 84 valence electrons. The van der Waals surface area contributed by atoms with E-state index in [4.69, 9.17) is 5.73 Å². The Kier molecular flexibility index (Phi) is 3.41. The molecule has 1 unspecified atom stereocenters. The lowest BCUT2D eigenvalue weighted by atomic mass is 10.1. The number of nitrogens with two attached hydrogens (primary N) is 1. The van der Waals surface area contributed by atoms with Crippen molar-refractivity contribution in [1.29, 1.82) is 0 Å². The standard InChI is InChI=1S/C12H14BrN3/c1-9-2-4-10(5-3-9)11(14)8-16-7-6-15-12(16)13/h2-7,11H,8,14H2,1H3. The van der Waals surface area contributed by atoms with Crippen LogP contribution in [-0.2, 0) is 6.54 Å². The topological polar surface area (TPSA) is 43.8 Å². The number of hydrogen-bond acceptors (Lipinski definition) is 2. The van der Waals surface area contributed by atoms with Gasteiger partial charge in [-0.05, 0) is 28.4 Å². The maximum Gasteiger partial charge on any atom is 0.177 e. The number of imidazole rings is 1. The van der Waals surface area contributed by atoms with Crippen molar-refractivity contribution in [2.45, 2.75) is 19.5 Å². The van der Waals surface area contributed by atoms with Crippen LogP contribution in [0.25, 0.3) is 0 Å². The fourth-order valence-electron chi connectivity index (χ4n) is 1.58. The van der Waals surface area contributed by atoms with Crippen LogP contribution in [0.1, 0.15) is 17.2 Å². The average molecular weight is 280 g/mol. The first-order chi connectivity index (χ1) is 7.66. The van der Waals surface area contributed by atoms with E-state index in [0.717, 1.165) is 16.8 Å². The Hall–Kier alpha value is -1.13. The van der Waals surface area contributed by atoms with Gasteiger partial charge in [-0.3, -0.25) is 0 Å². The van der Waals surface area contributed by atoms with Gasteiger partial charge in [-0.2, -0.15) is 0 Å². The van der Waals surface area contributed by atoms with Crippen LogP contribution in [-0.4, -0.2) is 9.55 Å². The molecule has 1 atom stereocenters. The molecule has 1 heterocycles. The van der Waals surface area contributed by atoms with Gasteiger partial charge in [-0.1, -0.05) is 29.8 Å². The smallest absolute Gasteiger partial charge is 0.177 e. The van der Waals surface area contributed by atoms with Gasteiger partial charge >= 0.3 is 0 Å². The minimum absolute atomic E-state index is 0.00824. The van der Waals surface area contributed by atoms with Gasteiger partial charge in [0.15, 0.2) is 4.73 Å². The van der Waals surface area contributed by atoms with E-state index in [0.29, 0.717) is 0 Å². The summed E-state index contributed by atoms with van der Waals surface area (Å²) >= 11 is 3.38. The second-order valence-electron chi connectivity index (χ2n) is 3.87. The number of aromatic nitrogens is 2. The summed E-state index contributed by atoms with van der Waals surface area (Å²) in [5.74, 6) is 0. The van der Waals surface area contributed by atoms with Crippen LogP contribution in [0.5, 0.6) is 0 Å². The molecule has 4 heteroatoms. The van der Waals surface area contributed by atoms with Crippen molar-refractivity contribution >= 4 is 15.9 Å². The van der Waals surface area contributed by atoms with E-state index in [1.54, 1.807) is 6.20 Å². The van der Waals surface area contributed by atoms with E-state index in [2.05, 4.69) is 52.1 Å². The van der Waals surface area contributed by atoms with Crippen molar-refractivity contribution in [2.24, 2.45) is 5.73 Å². The minimum atomic E-state index is -0.00824. The van der Waals surface area contributed by atoms with E-state index in [1.807, 2.05) is 10.8 Å². The fraction of sp³-hybridized carbons (Fsp3) is 0.250. The zero-order chi connectivity index (χ0) is 11.5. The third-order valence-corrected chi connectivity index (χ3v) is 3.22. The van der Waals surface area contributed by atoms with E-state index in [-0.39, 0.29) is 6.04 Å². The summed E-state index contributed by atoms with van der Waals surface area (Å²) in [6.07, 6.45) is 3.67. The summed E-state index contributed by atoms with van der Waals surface area (Å²) < 4.78 is 2.81. The maximum atomic E-state index is 6.14. The molecule has 0 fully saturated rings. The van der Waals surface area contributed by atoms with Crippen LogP contribution in [0.4, 0.5) is 0 Å².